The average Bonchev–Trinajstić information content (AvgIpc) is 2.14. The molecule has 1 rings (SSSR count). The number of hydrogen-bond acceptors (Lipinski definition) is 4. The zero-order valence-electron chi connectivity index (χ0n) is 8.01. The molecule has 0 atom stereocenters. The molecular weight excluding hydrogens is 342 g/mol. The smallest absolute Gasteiger partial charge is 0.496 e. The zero-order valence-corrected chi connectivity index (χ0v) is 10.2. The minimum absolute atomic E-state index is 0.0983. The summed E-state index contributed by atoms with van der Waals surface area (Å²) in [5.41, 5.74) is -0.139. The highest BCUT2D eigenvalue weighted by Crippen LogP contribution is 2.31. The number of aromatic nitrogens is 1. The molecule has 16 heavy (non-hydrogen) atoms. The van der Waals surface area contributed by atoms with E-state index in [1.807, 2.05) is 0 Å². The first kappa shape index (κ1) is 13.3. The number of aliphatic hydroxyl groups excluding tert-OH is 1. The van der Waals surface area contributed by atoms with Gasteiger partial charge < -0.3 is 14.6 Å². The van der Waals surface area contributed by atoms with E-state index in [9.17, 15) is 13.2 Å². The molecule has 0 saturated heterocycles. The summed E-state index contributed by atoms with van der Waals surface area (Å²) in [5, 5.41) is 8.95. The number of methoxy groups -OCH3 is 1. The summed E-state index contributed by atoms with van der Waals surface area (Å²) in [6, 6.07) is 1.40. The molecular formula is C8H7F3INO3. The second-order valence-corrected chi connectivity index (χ2v) is 3.74. The van der Waals surface area contributed by atoms with Crippen molar-refractivity contribution in [1.29, 1.82) is 0 Å². The SMILES string of the molecule is COc1cc(I)nc(OC(F)(F)F)c1CO. The lowest BCUT2D eigenvalue weighted by molar-refractivity contribution is -0.276. The van der Waals surface area contributed by atoms with Gasteiger partial charge in [0.2, 0.25) is 5.88 Å². The number of aliphatic hydroxyl groups is 1. The Morgan fingerprint density at radius 2 is 2.12 bits per heavy atom. The second kappa shape index (κ2) is 5.04. The Bertz CT molecular complexity index is 384. The van der Waals surface area contributed by atoms with Crippen molar-refractivity contribution in [2.45, 2.75) is 13.0 Å². The molecule has 0 aliphatic carbocycles. The van der Waals surface area contributed by atoms with E-state index in [-0.39, 0.29) is 15.0 Å². The predicted molar refractivity (Wildman–Crippen MR) is 56.1 cm³/mol. The van der Waals surface area contributed by atoms with Crippen LogP contribution in [-0.4, -0.2) is 23.6 Å². The Hall–Kier alpha value is -0.770. The van der Waals surface area contributed by atoms with Crippen molar-refractivity contribution in [3.05, 3.63) is 15.3 Å². The maximum absolute atomic E-state index is 12.0. The maximum Gasteiger partial charge on any atom is 0.574 e. The van der Waals surface area contributed by atoms with Gasteiger partial charge in [0.1, 0.15) is 9.45 Å². The van der Waals surface area contributed by atoms with E-state index in [0.717, 1.165) is 0 Å². The van der Waals surface area contributed by atoms with Gasteiger partial charge in [0, 0.05) is 6.07 Å². The third kappa shape index (κ3) is 3.37. The summed E-state index contributed by atoms with van der Waals surface area (Å²) < 4.78 is 44.9. The molecule has 0 bridgehead atoms. The molecule has 90 valence electrons. The fraction of sp³-hybridized carbons (Fsp3) is 0.375. The van der Waals surface area contributed by atoms with Gasteiger partial charge in [-0.05, 0) is 22.6 Å². The second-order valence-electron chi connectivity index (χ2n) is 2.64. The van der Waals surface area contributed by atoms with E-state index in [4.69, 9.17) is 9.84 Å². The molecule has 0 aromatic carbocycles. The van der Waals surface area contributed by atoms with Gasteiger partial charge in [-0.25, -0.2) is 4.98 Å². The highest BCUT2D eigenvalue weighted by atomic mass is 127. The van der Waals surface area contributed by atoms with Crippen LogP contribution in [-0.2, 0) is 6.61 Å². The summed E-state index contributed by atoms with van der Waals surface area (Å²) in [6.45, 7) is -0.654. The normalized spacial score (nSPS) is 11.4. The van der Waals surface area contributed by atoms with Crippen LogP contribution in [0.5, 0.6) is 11.6 Å². The summed E-state index contributed by atoms with van der Waals surface area (Å²) in [4.78, 5) is 3.54. The highest BCUT2D eigenvalue weighted by Gasteiger charge is 2.33. The molecule has 1 aromatic rings. The van der Waals surface area contributed by atoms with Gasteiger partial charge in [0.15, 0.2) is 0 Å². The first-order valence-corrected chi connectivity index (χ1v) is 5.05. The quantitative estimate of drug-likeness (QED) is 0.671. The molecule has 0 aliphatic rings. The van der Waals surface area contributed by atoms with E-state index in [2.05, 4.69) is 9.72 Å². The van der Waals surface area contributed by atoms with E-state index >= 15 is 0 Å². The minimum atomic E-state index is -4.85. The standard InChI is InChI=1S/C8H7F3INO3/c1-15-5-2-6(12)13-7(4(5)3-14)16-8(9,10)11/h2,14H,3H2,1H3. The van der Waals surface area contributed by atoms with Gasteiger partial charge >= 0.3 is 6.36 Å². The topological polar surface area (TPSA) is 51.6 Å². The lowest BCUT2D eigenvalue weighted by atomic mass is 10.2. The van der Waals surface area contributed by atoms with Crippen LogP contribution >= 0.6 is 22.6 Å². The summed E-state index contributed by atoms with van der Waals surface area (Å²) in [7, 11) is 1.28. The van der Waals surface area contributed by atoms with Crippen molar-refractivity contribution in [3.8, 4) is 11.6 Å². The van der Waals surface area contributed by atoms with Crippen LogP contribution in [0.4, 0.5) is 13.2 Å². The average molecular weight is 349 g/mol. The Morgan fingerprint density at radius 1 is 1.50 bits per heavy atom. The number of ether oxygens (including phenoxy) is 2. The Labute approximate surface area is 103 Å². The Balaban J connectivity index is 3.20. The van der Waals surface area contributed by atoms with Crippen LogP contribution in [0.15, 0.2) is 6.07 Å². The summed E-state index contributed by atoms with van der Waals surface area (Å²) in [6.07, 6.45) is -4.85. The molecule has 0 radical (unpaired) electrons. The van der Waals surface area contributed by atoms with Gasteiger partial charge in [0.25, 0.3) is 0 Å². The molecule has 0 spiro atoms. The molecule has 0 fully saturated rings. The third-order valence-corrected chi connectivity index (χ3v) is 2.16. The number of rotatable bonds is 3. The largest absolute Gasteiger partial charge is 0.574 e. The van der Waals surface area contributed by atoms with E-state index in [0.29, 0.717) is 0 Å². The number of halogens is 4. The Morgan fingerprint density at radius 3 is 2.56 bits per heavy atom. The molecule has 1 aromatic heterocycles. The number of hydrogen-bond donors (Lipinski definition) is 1. The molecule has 0 amide bonds. The van der Waals surface area contributed by atoms with Crippen LogP contribution in [0, 0.1) is 3.70 Å². The monoisotopic (exact) mass is 349 g/mol. The van der Waals surface area contributed by atoms with E-state index in [1.165, 1.54) is 13.2 Å². The third-order valence-electron chi connectivity index (χ3n) is 1.60. The highest BCUT2D eigenvalue weighted by molar-refractivity contribution is 14.1. The van der Waals surface area contributed by atoms with Crippen LogP contribution < -0.4 is 9.47 Å². The van der Waals surface area contributed by atoms with Crippen LogP contribution in [0.3, 0.4) is 0 Å². The van der Waals surface area contributed by atoms with Gasteiger partial charge in [0.05, 0.1) is 19.3 Å². The molecule has 0 unspecified atom stereocenters. The lowest BCUT2D eigenvalue weighted by Crippen LogP contribution is -2.19. The predicted octanol–water partition coefficient (Wildman–Crippen LogP) is 2.09. The van der Waals surface area contributed by atoms with Gasteiger partial charge in [-0.3, -0.25) is 0 Å². The Kier molecular flexibility index (Phi) is 4.19. The molecule has 1 N–H and O–H groups in total. The first-order valence-electron chi connectivity index (χ1n) is 3.97. The number of nitrogens with zero attached hydrogens (tertiary/aromatic N) is 1. The minimum Gasteiger partial charge on any atom is -0.496 e. The van der Waals surface area contributed by atoms with Crippen LogP contribution in [0.2, 0.25) is 0 Å². The van der Waals surface area contributed by atoms with Gasteiger partial charge in [-0.2, -0.15) is 0 Å². The lowest BCUT2D eigenvalue weighted by Gasteiger charge is -2.14. The van der Waals surface area contributed by atoms with Crippen LogP contribution in [0.25, 0.3) is 0 Å². The van der Waals surface area contributed by atoms with Gasteiger partial charge in [-0.1, -0.05) is 0 Å². The number of pyridine rings is 1. The molecule has 8 heteroatoms. The van der Waals surface area contributed by atoms with Crippen molar-refractivity contribution >= 4 is 22.6 Å². The summed E-state index contributed by atoms with van der Waals surface area (Å²) >= 11 is 1.72. The zero-order chi connectivity index (χ0) is 12.3. The van der Waals surface area contributed by atoms with E-state index < -0.39 is 18.8 Å². The molecule has 0 saturated carbocycles. The maximum atomic E-state index is 12.0. The van der Waals surface area contributed by atoms with Gasteiger partial charge in [-0.15, -0.1) is 13.2 Å². The number of alkyl halides is 3. The fourth-order valence-corrected chi connectivity index (χ4v) is 1.52. The fourth-order valence-electron chi connectivity index (χ4n) is 1.02. The first-order chi connectivity index (χ1) is 7.37. The molecule has 4 nitrogen and oxygen atoms in total. The van der Waals surface area contributed by atoms with Crippen molar-refractivity contribution in [1.82, 2.24) is 4.98 Å². The van der Waals surface area contributed by atoms with Crippen molar-refractivity contribution in [2.24, 2.45) is 0 Å². The van der Waals surface area contributed by atoms with Crippen molar-refractivity contribution < 1.29 is 27.8 Å². The summed E-state index contributed by atoms with van der Waals surface area (Å²) in [5.74, 6) is -0.597. The van der Waals surface area contributed by atoms with E-state index in [1.54, 1.807) is 22.6 Å². The van der Waals surface area contributed by atoms with Crippen LogP contribution in [0.1, 0.15) is 5.56 Å². The van der Waals surface area contributed by atoms with Crippen molar-refractivity contribution in [3.63, 3.8) is 0 Å². The molecule has 0 aliphatic heterocycles. The molecule has 1 heterocycles. The van der Waals surface area contributed by atoms with Crippen molar-refractivity contribution in [2.75, 3.05) is 7.11 Å².